The zero-order valence-electron chi connectivity index (χ0n) is 15.9. The van der Waals surface area contributed by atoms with Crippen LogP contribution in [0.3, 0.4) is 0 Å². The minimum atomic E-state index is -0.151. The van der Waals surface area contributed by atoms with E-state index in [1.165, 1.54) is 23.7 Å². The number of nitrogens with zero attached hydrogens (tertiary/aromatic N) is 3. The molecule has 0 aliphatic carbocycles. The summed E-state index contributed by atoms with van der Waals surface area (Å²) in [6, 6.07) is 0.640. The molecular weight excluding hydrogens is 352 g/mol. The number of amides is 1. The van der Waals surface area contributed by atoms with Crippen LogP contribution in [0.1, 0.15) is 50.0 Å². The van der Waals surface area contributed by atoms with Crippen LogP contribution in [0, 0.1) is 11.8 Å². The first kappa shape index (κ1) is 18.3. The van der Waals surface area contributed by atoms with Gasteiger partial charge in [0.15, 0.2) is 0 Å². The summed E-state index contributed by atoms with van der Waals surface area (Å²) in [5.41, 5.74) is 0.447. The topological polar surface area (TPSA) is 59.4 Å². The standard InChI is InChI=1S/C19H29ClN4O2/c1-4-12(5-2)24-10-14-13(16-6-7-19(14,11-24)26-16)8-21-18(25)17-15(20)9-22-23(17)3/h9,12-14,16H,4-8,10-11H2,1-3H3,(H,21,25)/t13-,14+,16+,19+/m0/s1. The van der Waals surface area contributed by atoms with Crippen LogP contribution >= 0.6 is 11.6 Å². The third-order valence-corrected chi connectivity index (χ3v) is 7.15. The number of likely N-dealkylation sites (tertiary alicyclic amines) is 1. The van der Waals surface area contributed by atoms with Crippen molar-refractivity contribution in [3.8, 4) is 0 Å². The van der Waals surface area contributed by atoms with Crippen LogP contribution in [0.2, 0.25) is 5.02 Å². The second-order valence-electron chi connectivity index (χ2n) is 8.10. The quantitative estimate of drug-likeness (QED) is 0.823. The second-order valence-corrected chi connectivity index (χ2v) is 8.51. The highest BCUT2D eigenvalue weighted by atomic mass is 35.5. The Morgan fingerprint density at radius 1 is 1.50 bits per heavy atom. The van der Waals surface area contributed by atoms with Gasteiger partial charge >= 0.3 is 0 Å². The van der Waals surface area contributed by atoms with Gasteiger partial charge in [-0.15, -0.1) is 0 Å². The van der Waals surface area contributed by atoms with Crippen LogP contribution in [-0.4, -0.2) is 58.0 Å². The van der Waals surface area contributed by atoms with Gasteiger partial charge in [-0.3, -0.25) is 14.4 Å². The third kappa shape index (κ3) is 2.77. The SMILES string of the molecule is CCC(CC)N1C[C@@H]2[C@H](CNC(=O)c3c(Cl)cnn3C)[C@H]3CC[C@]2(C1)O3. The number of carbonyl (C=O) groups is 1. The van der Waals surface area contributed by atoms with Gasteiger partial charge in [0.2, 0.25) is 0 Å². The van der Waals surface area contributed by atoms with Crippen LogP contribution in [0.4, 0.5) is 0 Å². The lowest BCUT2D eigenvalue weighted by atomic mass is 9.73. The summed E-state index contributed by atoms with van der Waals surface area (Å²) >= 11 is 6.10. The highest BCUT2D eigenvalue weighted by Gasteiger charge is 2.63. The number of hydrogen-bond acceptors (Lipinski definition) is 4. The molecular formula is C19H29ClN4O2. The van der Waals surface area contributed by atoms with Gasteiger partial charge < -0.3 is 10.1 Å². The predicted octanol–water partition coefficient (Wildman–Crippen LogP) is 2.47. The molecule has 0 radical (unpaired) electrons. The third-order valence-electron chi connectivity index (χ3n) is 6.88. The molecule has 1 spiro atoms. The molecule has 1 aromatic heterocycles. The number of aromatic nitrogens is 2. The first-order valence-electron chi connectivity index (χ1n) is 9.86. The minimum absolute atomic E-state index is 0.0207. The number of halogens is 1. The molecule has 4 rings (SSSR count). The van der Waals surface area contributed by atoms with Crippen LogP contribution in [0.15, 0.2) is 6.20 Å². The minimum Gasteiger partial charge on any atom is -0.370 e. The number of fused-ring (bicyclic) bond motifs is 1. The van der Waals surface area contributed by atoms with E-state index in [2.05, 4.69) is 29.2 Å². The zero-order valence-corrected chi connectivity index (χ0v) is 16.6. The van der Waals surface area contributed by atoms with Gasteiger partial charge in [-0.25, -0.2) is 0 Å². The Morgan fingerprint density at radius 2 is 2.27 bits per heavy atom. The highest BCUT2D eigenvalue weighted by molar-refractivity contribution is 6.33. The Balaban J connectivity index is 1.44. The molecule has 3 saturated heterocycles. The maximum atomic E-state index is 12.6. The maximum Gasteiger partial charge on any atom is 0.271 e. The van der Waals surface area contributed by atoms with E-state index in [1.807, 2.05) is 0 Å². The van der Waals surface area contributed by atoms with Gasteiger partial charge in [0.05, 0.1) is 22.9 Å². The first-order chi connectivity index (χ1) is 12.5. The molecule has 4 heterocycles. The average Bonchev–Trinajstić information content (AvgIpc) is 3.34. The summed E-state index contributed by atoms with van der Waals surface area (Å²) in [5.74, 6) is 0.755. The number of rotatable bonds is 6. The molecule has 3 fully saturated rings. The molecule has 3 aliphatic heterocycles. The van der Waals surface area contributed by atoms with Crippen molar-refractivity contribution in [1.82, 2.24) is 20.0 Å². The summed E-state index contributed by atoms with van der Waals surface area (Å²) in [6.07, 6.45) is 6.44. The van der Waals surface area contributed by atoms with E-state index in [0.29, 0.717) is 35.1 Å². The monoisotopic (exact) mass is 380 g/mol. The van der Waals surface area contributed by atoms with Crippen molar-refractivity contribution in [2.75, 3.05) is 19.6 Å². The highest BCUT2D eigenvalue weighted by Crippen LogP contribution is 2.55. The first-order valence-corrected chi connectivity index (χ1v) is 10.2. The lowest BCUT2D eigenvalue weighted by Gasteiger charge is -2.29. The van der Waals surface area contributed by atoms with Crippen LogP contribution in [0.5, 0.6) is 0 Å². The number of carbonyl (C=O) groups excluding carboxylic acids is 1. The van der Waals surface area contributed by atoms with Crippen molar-refractivity contribution >= 4 is 17.5 Å². The Kier molecular flexibility index (Phi) is 4.78. The Labute approximate surface area is 160 Å². The van der Waals surface area contributed by atoms with Crippen molar-refractivity contribution in [3.63, 3.8) is 0 Å². The molecule has 3 aliphatic rings. The molecule has 1 N–H and O–H groups in total. The molecule has 1 aromatic rings. The molecule has 144 valence electrons. The predicted molar refractivity (Wildman–Crippen MR) is 100 cm³/mol. The second kappa shape index (κ2) is 6.80. The van der Waals surface area contributed by atoms with Gasteiger partial charge in [0, 0.05) is 44.6 Å². The van der Waals surface area contributed by atoms with E-state index in [0.717, 1.165) is 25.9 Å². The van der Waals surface area contributed by atoms with Crippen molar-refractivity contribution in [3.05, 3.63) is 16.9 Å². The zero-order chi connectivity index (χ0) is 18.5. The van der Waals surface area contributed by atoms with Gasteiger partial charge in [0.1, 0.15) is 5.69 Å². The normalized spacial score (nSPS) is 33.2. The average molecular weight is 381 g/mol. The summed E-state index contributed by atoms with van der Waals surface area (Å²) in [6.45, 7) is 7.34. The smallest absolute Gasteiger partial charge is 0.271 e. The lowest BCUT2D eigenvalue weighted by Crippen LogP contribution is -2.42. The molecule has 6 nitrogen and oxygen atoms in total. The molecule has 1 amide bonds. The molecule has 2 bridgehead atoms. The Morgan fingerprint density at radius 3 is 2.92 bits per heavy atom. The Hall–Kier alpha value is -1.11. The van der Waals surface area contributed by atoms with E-state index < -0.39 is 0 Å². The molecule has 0 saturated carbocycles. The van der Waals surface area contributed by atoms with Crippen molar-refractivity contribution < 1.29 is 9.53 Å². The van der Waals surface area contributed by atoms with Gasteiger partial charge in [0.25, 0.3) is 5.91 Å². The number of ether oxygens (including phenoxy) is 1. The lowest BCUT2D eigenvalue weighted by molar-refractivity contribution is -0.00148. The van der Waals surface area contributed by atoms with Crippen molar-refractivity contribution in [1.29, 1.82) is 0 Å². The summed E-state index contributed by atoms with van der Waals surface area (Å²) in [7, 11) is 1.74. The van der Waals surface area contributed by atoms with Gasteiger partial charge in [-0.05, 0) is 25.7 Å². The fourth-order valence-electron chi connectivity index (χ4n) is 5.54. The Bertz CT molecular complexity index is 670. The van der Waals surface area contributed by atoms with E-state index in [9.17, 15) is 4.79 Å². The molecule has 0 unspecified atom stereocenters. The van der Waals surface area contributed by atoms with Crippen LogP contribution in [-0.2, 0) is 11.8 Å². The number of aryl methyl sites for hydroxylation is 1. The van der Waals surface area contributed by atoms with E-state index >= 15 is 0 Å². The molecule has 26 heavy (non-hydrogen) atoms. The maximum absolute atomic E-state index is 12.6. The molecule has 0 aromatic carbocycles. The van der Waals surface area contributed by atoms with E-state index in [4.69, 9.17) is 16.3 Å². The van der Waals surface area contributed by atoms with Crippen LogP contribution in [0.25, 0.3) is 0 Å². The van der Waals surface area contributed by atoms with Crippen LogP contribution < -0.4 is 5.32 Å². The summed E-state index contributed by atoms with van der Waals surface area (Å²) in [4.78, 5) is 15.2. The largest absolute Gasteiger partial charge is 0.370 e. The van der Waals surface area contributed by atoms with E-state index in [-0.39, 0.29) is 17.6 Å². The van der Waals surface area contributed by atoms with E-state index in [1.54, 1.807) is 7.05 Å². The summed E-state index contributed by atoms with van der Waals surface area (Å²) < 4.78 is 8.03. The molecule has 4 atom stereocenters. The van der Waals surface area contributed by atoms with Gasteiger partial charge in [-0.1, -0.05) is 25.4 Å². The fraction of sp³-hybridized carbons (Fsp3) is 0.789. The summed E-state index contributed by atoms with van der Waals surface area (Å²) in [5, 5.41) is 7.53. The number of nitrogens with one attached hydrogen (secondary N) is 1. The van der Waals surface area contributed by atoms with Crippen molar-refractivity contribution in [2.24, 2.45) is 18.9 Å². The van der Waals surface area contributed by atoms with Gasteiger partial charge in [-0.2, -0.15) is 5.10 Å². The molecule has 7 heteroatoms. The van der Waals surface area contributed by atoms with Crippen molar-refractivity contribution in [2.45, 2.75) is 57.3 Å². The fourth-order valence-corrected chi connectivity index (χ4v) is 5.79. The number of hydrogen-bond donors (Lipinski definition) is 1.